The number of carbonyl (C=O) groups is 1. The summed E-state index contributed by atoms with van der Waals surface area (Å²) in [6.07, 6.45) is 3.94. The van der Waals surface area contributed by atoms with Crippen molar-refractivity contribution >= 4 is 27.2 Å². The highest BCUT2D eigenvalue weighted by Gasteiger charge is 2.18. The zero-order valence-electron chi connectivity index (χ0n) is 11.4. The Hall–Kier alpha value is -2.55. The van der Waals surface area contributed by atoms with Crippen LogP contribution in [0.15, 0.2) is 29.4 Å². The molecule has 0 aliphatic heterocycles. The summed E-state index contributed by atoms with van der Waals surface area (Å²) in [5, 5.41) is 10.1. The number of aromatic nitrogens is 3. The molecule has 0 spiro atoms. The lowest BCUT2D eigenvalue weighted by atomic mass is 10.2. The number of amides is 1. The van der Waals surface area contributed by atoms with Crippen molar-refractivity contribution in [2.45, 2.75) is 11.8 Å². The van der Waals surface area contributed by atoms with Gasteiger partial charge in [0.15, 0.2) is 15.5 Å². The standard InChI is InChI=1S/C12H13N5O3S/c1-7-6-15-17-10(11(13)18)9(7)16-12-8(21(2,19)20)4-3-5-14-12/h3-6H,1-2H3,(H2,13,18)(H,14,15,16). The number of rotatable bonds is 4. The van der Waals surface area contributed by atoms with Crippen LogP contribution in [-0.2, 0) is 9.84 Å². The number of anilines is 2. The Bertz CT molecular complexity index is 804. The Morgan fingerprint density at radius 3 is 2.71 bits per heavy atom. The fourth-order valence-electron chi connectivity index (χ4n) is 1.71. The Balaban J connectivity index is 2.57. The first kappa shape index (κ1) is 14.9. The van der Waals surface area contributed by atoms with Gasteiger partial charge in [-0.1, -0.05) is 0 Å². The van der Waals surface area contributed by atoms with Gasteiger partial charge in [0, 0.05) is 12.5 Å². The van der Waals surface area contributed by atoms with Crippen LogP contribution in [0.3, 0.4) is 0 Å². The summed E-state index contributed by atoms with van der Waals surface area (Å²) < 4.78 is 23.5. The minimum Gasteiger partial charge on any atom is -0.364 e. The van der Waals surface area contributed by atoms with Crippen molar-refractivity contribution in [2.75, 3.05) is 11.6 Å². The molecule has 21 heavy (non-hydrogen) atoms. The molecule has 2 aromatic rings. The molecule has 0 atom stereocenters. The molecule has 1 amide bonds. The largest absolute Gasteiger partial charge is 0.364 e. The van der Waals surface area contributed by atoms with Crippen LogP contribution in [0.25, 0.3) is 0 Å². The van der Waals surface area contributed by atoms with Crippen LogP contribution in [0, 0.1) is 6.92 Å². The molecule has 3 N–H and O–H groups in total. The number of primary amides is 1. The van der Waals surface area contributed by atoms with E-state index < -0.39 is 15.7 Å². The van der Waals surface area contributed by atoms with E-state index >= 15 is 0 Å². The molecular formula is C12H13N5O3S. The Morgan fingerprint density at radius 2 is 2.10 bits per heavy atom. The summed E-state index contributed by atoms with van der Waals surface area (Å²) in [6, 6.07) is 2.92. The summed E-state index contributed by atoms with van der Waals surface area (Å²) in [6.45, 7) is 1.69. The highest BCUT2D eigenvalue weighted by molar-refractivity contribution is 7.90. The SMILES string of the molecule is Cc1cnnc(C(N)=O)c1Nc1ncccc1S(C)(=O)=O. The van der Waals surface area contributed by atoms with Crippen LogP contribution in [0.2, 0.25) is 0 Å². The van der Waals surface area contributed by atoms with Gasteiger partial charge in [-0.15, -0.1) is 5.10 Å². The molecule has 0 radical (unpaired) electrons. The number of hydrogen-bond donors (Lipinski definition) is 2. The summed E-state index contributed by atoms with van der Waals surface area (Å²) >= 11 is 0. The normalized spacial score (nSPS) is 11.1. The van der Waals surface area contributed by atoms with E-state index in [0.717, 1.165) is 6.26 Å². The van der Waals surface area contributed by atoms with Gasteiger partial charge >= 0.3 is 0 Å². The zero-order valence-corrected chi connectivity index (χ0v) is 12.2. The van der Waals surface area contributed by atoms with Gasteiger partial charge in [-0.25, -0.2) is 13.4 Å². The molecule has 0 saturated heterocycles. The molecule has 0 aliphatic carbocycles. The van der Waals surface area contributed by atoms with Gasteiger partial charge in [0.25, 0.3) is 5.91 Å². The number of nitrogens with zero attached hydrogens (tertiary/aromatic N) is 3. The second-order valence-electron chi connectivity index (χ2n) is 4.36. The van der Waals surface area contributed by atoms with Crippen molar-refractivity contribution in [3.8, 4) is 0 Å². The highest BCUT2D eigenvalue weighted by atomic mass is 32.2. The van der Waals surface area contributed by atoms with Crippen molar-refractivity contribution in [1.29, 1.82) is 0 Å². The molecule has 0 saturated carbocycles. The van der Waals surface area contributed by atoms with Gasteiger partial charge in [-0.3, -0.25) is 4.79 Å². The summed E-state index contributed by atoms with van der Waals surface area (Å²) in [7, 11) is -3.48. The van der Waals surface area contributed by atoms with E-state index in [9.17, 15) is 13.2 Å². The monoisotopic (exact) mass is 307 g/mol. The van der Waals surface area contributed by atoms with Crippen LogP contribution in [-0.4, -0.2) is 35.8 Å². The minimum absolute atomic E-state index is 0.0108. The zero-order chi connectivity index (χ0) is 15.6. The van der Waals surface area contributed by atoms with Crippen molar-refractivity contribution in [1.82, 2.24) is 15.2 Å². The molecule has 0 bridgehead atoms. The van der Waals surface area contributed by atoms with E-state index in [0.29, 0.717) is 5.56 Å². The van der Waals surface area contributed by atoms with Crippen molar-refractivity contribution < 1.29 is 13.2 Å². The lowest BCUT2D eigenvalue weighted by Gasteiger charge is -2.13. The average Bonchev–Trinajstić information content (AvgIpc) is 2.40. The van der Waals surface area contributed by atoms with E-state index in [1.165, 1.54) is 24.5 Å². The van der Waals surface area contributed by atoms with Gasteiger partial charge in [0.05, 0.1) is 11.9 Å². The molecule has 8 nitrogen and oxygen atoms in total. The molecule has 0 aliphatic rings. The lowest BCUT2D eigenvalue weighted by molar-refractivity contribution is 0.0995. The van der Waals surface area contributed by atoms with E-state index in [1.54, 1.807) is 6.92 Å². The maximum absolute atomic E-state index is 11.7. The molecule has 110 valence electrons. The van der Waals surface area contributed by atoms with E-state index in [1.807, 2.05) is 0 Å². The van der Waals surface area contributed by atoms with Crippen LogP contribution in [0.5, 0.6) is 0 Å². The third kappa shape index (κ3) is 3.14. The maximum Gasteiger partial charge on any atom is 0.271 e. The fraction of sp³-hybridized carbons (Fsp3) is 0.167. The van der Waals surface area contributed by atoms with Crippen LogP contribution in [0.1, 0.15) is 16.1 Å². The van der Waals surface area contributed by atoms with E-state index in [-0.39, 0.29) is 22.1 Å². The molecular weight excluding hydrogens is 294 g/mol. The molecule has 0 aromatic carbocycles. The topological polar surface area (TPSA) is 128 Å². The van der Waals surface area contributed by atoms with Gasteiger partial charge in [-0.2, -0.15) is 5.10 Å². The Kier molecular flexibility index (Phi) is 3.85. The molecule has 2 heterocycles. The molecule has 2 aromatic heterocycles. The first-order valence-electron chi connectivity index (χ1n) is 5.85. The summed E-state index contributed by atoms with van der Waals surface area (Å²) in [5.74, 6) is -0.677. The smallest absolute Gasteiger partial charge is 0.271 e. The number of pyridine rings is 1. The number of nitrogens with one attached hydrogen (secondary N) is 1. The number of nitrogens with two attached hydrogens (primary N) is 1. The number of hydrogen-bond acceptors (Lipinski definition) is 7. The van der Waals surface area contributed by atoms with E-state index in [2.05, 4.69) is 20.5 Å². The van der Waals surface area contributed by atoms with Gasteiger partial charge in [0.2, 0.25) is 0 Å². The third-order valence-electron chi connectivity index (χ3n) is 2.69. The maximum atomic E-state index is 11.7. The van der Waals surface area contributed by atoms with Crippen molar-refractivity contribution in [3.05, 3.63) is 35.8 Å². The number of carbonyl (C=O) groups excluding carboxylic acids is 1. The number of sulfone groups is 1. The lowest BCUT2D eigenvalue weighted by Crippen LogP contribution is -2.17. The average molecular weight is 307 g/mol. The molecule has 2 rings (SSSR count). The molecule has 0 fully saturated rings. The minimum atomic E-state index is -3.48. The van der Waals surface area contributed by atoms with Gasteiger partial charge in [-0.05, 0) is 24.6 Å². The predicted molar refractivity (Wildman–Crippen MR) is 75.9 cm³/mol. The molecule has 0 unspecified atom stereocenters. The van der Waals surface area contributed by atoms with Crippen molar-refractivity contribution in [3.63, 3.8) is 0 Å². The Labute approximate surface area is 121 Å². The van der Waals surface area contributed by atoms with Crippen LogP contribution in [0.4, 0.5) is 11.5 Å². The first-order chi connectivity index (χ1) is 9.80. The third-order valence-corrected chi connectivity index (χ3v) is 3.82. The van der Waals surface area contributed by atoms with Gasteiger partial charge in [0.1, 0.15) is 10.7 Å². The van der Waals surface area contributed by atoms with E-state index in [4.69, 9.17) is 5.73 Å². The molecule has 9 heteroatoms. The van der Waals surface area contributed by atoms with Gasteiger partial charge < -0.3 is 11.1 Å². The van der Waals surface area contributed by atoms with Crippen molar-refractivity contribution in [2.24, 2.45) is 5.73 Å². The highest BCUT2D eigenvalue weighted by Crippen LogP contribution is 2.25. The Morgan fingerprint density at radius 1 is 1.38 bits per heavy atom. The summed E-state index contributed by atoms with van der Waals surface area (Å²) in [4.78, 5) is 15.4. The quantitative estimate of drug-likeness (QED) is 0.837. The van der Waals surface area contributed by atoms with Crippen LogP contribution < -0.4 is 11.1 Å². The second-order valence-corrected chi connectivity index (χ2v) is 6.35. The first-order valence-corrected chi connectivity index (χ1v) is 7.74. The summed E-state index contributed by atoms with van der Waals surface area (Å²) in [5.41, 5.74) is 6.02. The number of aryl methyl sites for hydroxylation is 1. The second kappa shape index (κ2) is 5.44. The predicted octanol–water partition coefficient (Wildman–Crippen LogP) is 0.426. The van der Waals surface area contributed by atoms with Crippen LogP contribution >= 0.6 is 0 Å². The fourth-order valence-corrected chi connectivity index (χ4v) is 2.49.